The summed E-state index contributed by atoms with van der Waals surface area (Å²) in [5.41, 5.74) is 5.57. The molecule has 0 aliphatic carbocycles. The summed E-state index contributed by atoms with van der Waals surface area (Å²) < 4.78 is 8.69. The van der Waals surface area contributed by atoms with E-state index < -0.39 is 0 Å². The van der Waals surface area contributed by atoms with Gasteiger partial charge in [0.15, 0.2) is 0 Å². The van der Waals surface area contributed by atoms with Crippen molar-refractivity contribution in [2.24, 2.45) is 7.05 Å². The maximum atomic E-state index is 13.1. The smallest absolute Gasteiger partial charge is 0.329 e. The van der Waals surface area contributed by atoms with Crippen LogP contribution < -0.4 is 10.4 Å². The van der Waals surface area contributed by atoms with Gasteiger partial charge in [-0.3, -0.25) is 19.1 Å². The molecule has 6 nitrogen and oxygen atoms in total. The van der Waals surface area contributed by atoms with E-state index in [4.69, 9.17) is 4.74 Å². The number of rotatable bonds is 4. The molecular weight excluding hydrogens is 376 g/mol. The number of aryl methyl sites for hydroxylation is 1. The maximum absolute atomic E-state index is 13.1. The van der Waals surface area contributed by atoms with Gasteiger partial charge in [-0.05, 0) is 41.5 Å². The quantitative estimate of drug-likeness (QED) is 0.461. The lowest BCUT2D eigenvalue weighted by Crippen LogP contribution is -2.22. The number of aromatic nitrogens is 4. The van der Waals surface area contributed by atoms with Crippen molar-refractivity contribution >= 4 is 21.9 Å². The summed E-state index contributed by atoms with van der Waals surface area (Å²) in [5, 5.41) is 0.946. The molecule has 0 atom stereocenters. The number of benzene rings is 2. The minimum absolute atomic E-state index is 0.0677. The Kier molecular flexibility index (Phi) is 4.32. The first kappa shape index (κ1) is 18.1. The lowest BCUT2D eigenvalue weighted by molar-refractivity contribution is 0.414. The van der Waals surface area contributed by atoms with E-state index in [0.717, 1.165) is 44.4 Å². The molecule has 5 rings (SSSR count). The van der Waals surface area contributed by atoms with Crippen LogP contribution in [0.15, 0.2) is 78.0 Å². The molecule has 5 aromatic rings. The summed E-state index contributed by atoms with van der Waals surface area (Å²) in [6.07, 6.45) is 5.38. The third kappa shape index (κ3) is 2.93. The molecule has 0 aliphatic heterocycles. The Balaban J connectivity index is 1.69. The fraction of sp³-hybridized carbons (Fsp3) is 0.125. The van der Waals surface area contributed by atoms with E-state index in [2.05, 4.69) is 16.0 Å². The van der Waals surface area contributed by atoms with Gasteiger partial charge in [-0.1, -0.05) is 24.3 Å². The Hall–Kier alpha value is -3.93. The molecule has 2 aromatic carbocycles. The number of ether oxygens (including phenoxy) is 1. The van der Waals surface area contributed by atoms with E-state index in [-0.39, 0.29) is 5.69 Å². The van der Waals surface area contributed by atoms with Gasteiger partial charge >= 0.3 is 5.69 Å². The third-order valence-corrected chi connectivity index (χ3v) is 5.46. The van der Waals surface area contributed by atoms with Crippen LogP contribution in [-0.4, -0.2) is 26.2 Å². The van der Waals surface area contributed by atoms with Crippen molar-refractivity contribution in [2.45, 2.75) is 6.54 Å². The lowest BCUT2D eigenvalue weighted by atomic mass is 10.0. The Labute approximate surface area is 173 Å². The van der Waals surface area contributed by atoms with Crippen molar-refractivity contribution in [2.75, 3.05) is 7.11 Å². The molecule has 0 N–H and O–H groups in total. The number of pyridine rings is 2. The molecule has 148 valence electrons. The van der Waals surface area contributed by atoms with Crippen LogP contribution in [0, 0.1) is 0 Å². The minimum atomic E-state index is -0.0677. The molecule has 0 amide bonds. The van der Waals surface area contributed by atoms with Crippen molar-refractivity contribution in [3.8, 4) is 16.9 Å². The topological polar surface area (TPSA) is 61.9 Å². The second kappa shape index (κ2) is 7.15. The molecule has 3 aromatic heterocycles. The van der Waals surface area contributed by atoms with E-state index >= 15 is 0 Å². The van der Waals surface area contributed by atoms with Crippen LogP contribution in [0.4, 0.5) is 0 Å². The second-order valence-corrected chi connectivity index (χ2v) is 7.24. The van der Waals surface area contributed by atoms with Gasteiger partial charge in [0.25, 0.3) is 0 Å². The Bertz CT molecular complexity index is 1420. The first-order valence-electron chi connectivity index (χ1n) is 9.67. The summed E-state index contributed by atoms with van der Waals surface area (Å²) >= 11 is 0. The maximum Gasteiger partial charge on any atom is 0.329 e. The Morgan fingerprint density at radius 1 is 1.00 bits per heavy atom. The fourth-order valence-electron chi connectivity index (χ4n) is 3.88. The zero-order chi connectivity index (χ0) is 20.7. The lowest BCUT2D eigenvalue weighted by Gasteiger charge is -2.07. The zero-order valence-corrected chi connectivity index (χ0v) is 16.7. The van der Waals surface area contributed by atoms with E-state index in [1.54, 1.807) is 28.6 Å². The predicted octanol–water partition coefficient (Wildman–Crippen LogP) is 4.01. The first-order chi connectivity index (χ1) is 14.7. The number of nitrogens with zero attached hydrogens (tertiary/aromatic N) is 4. The molecule has 0 bridgehead atoms. The van der Waals surface area contributed by atoms with Gasteiger partial charge in [0.2, 0.25) is 0 Å². The number of fused-ring (bicyclic) bond motifs is 3. The monoisotopic (exact) mass is 396 g/mol. The average Bonchev–Trinajstić information content (AvgIpc) is 3.05. The van der Waals surface area contributed by atoms with Crippen LogP contribution in [-0.2, 0) is 13.6 Å². The predicted molar refractivity (Wildman–Crippen MR) is 118 cm³/mol. The SMILES string of the molecule is COc1ccc(Cn2c(=O)n(C)c3c4cc(-c5cccnc5)ccc4ncc32)cc1. The van der Waals surface area contributed by atoms with E-state index in [0.29, 0.717) is 6.54 Å². The number of methoxy groups -OCH3 is 1. The van der Waals surface area contributed by atoms with Gasteiger partial charge in [0.1, 0.15) is 5.75 Å². The normalized spacial score (nSPS) is 11.3. The number of hydrogen-bond acceptors (Lipinski definition) is 4. The fourth-order valence-corrected chi connectivity index (χ4v) is 3.88. The highest BCUT2D eigenvalue weighted by atomic mass is 16.5. The molecule has 0 radical (unpaired) electrons. The van der Waals surface area contributed by atoms with Crippen molar-refractivity contribution in [1.29, 1.82) is 0 Å². The number of imidazole rings is 1. The van der Waals surface area contributed by atoms with Gasteiger partial charge in [0.05, 0.1) is 36.4 Å². The van der Waals surface area contributed by atoms with Gasteiger partial charge in [-0.25, -0.2) is 4.79 Å². The molecule has 30 heavy (non-hydrogen) atoms. The standard InChI is InChI=1S/C24H20N4O2/c1-27-23-20-12-17(18-4-3-11-25-13-18)7-10-21(20)26-14-22(23)28(24(27)29)15-16-5-8-19(30-2)9-6-16/h3-14H,15H2,1-2H3. The molecule has 0 aliphatic rings. The van der Waals surface area contributed by atoms with Crippen LogP contribution in [0.5, 0.6) is 5.75 Å². The summed E-state index contributed by atoms with van der Waals surface area (Å²) in [7, 11) is 3.45. The zero-order valence-electron chi connectivity index (χ0n) is 16.7. The van der Waals surface area contributed by atoms with Gasteiger partial charge in [-0.2, -0.15) is 0 Å². The summed E-state index contributed by atoms with van der Waals surface area (Å²) in [4.78, 5) is 21.9. The summed E-state index contributed by atoms with van der Waals surface area (Å²) in [6, 6.07) is 17.8. The molecule has 0 saturated heterocycles. The molecule has 0 saturated carbocycles. The highest BCUT2D eigenvalue weighted by Crippen LogP contribution is 2.28. The van der Waals surface area contributed by atoms with Crippen LogP contribution >= 0.6 is 0 Å². The van der Waals surface area contributed by atoms with Crippen molar-refractivity contribution in [1.82, 2.24) is 19.1 Å². The van der Waals surface area contributed by atoms with Crippen LogP contribution in [0.1, 0.15) is 5.56 Å². The molecule has 0 spiro atoms. The van der Waals surface area contributed by atoms with Gasteiger partial charge < -0.3 is 4.74 Å². The first-order valence-corrected chi connectivity index (χ1v) is 9.67. The van der Waals surface area contributed by atoms with Crippen molar-refractivity contribution in [3.05, 3.63) is 89.2 Å². The van der Waals surface area contributed by atoms with Crippen molar-refractivity contribution < 1.29 is 4.74 Å². The van der Waals surface area contributed by atoms with Crippen LogP contribution in [0.25, 0.3) is 33.1 Å². The highest BCUT2D eigenvalue weighted by Gasteiger charge is 2.15. The van der Waals surface area contributed by atoms with Gasteiger partial charge in [-0.15, -0.1) is 0 Å². The molecule has 3 heterocycles. The molecule has 6 heteroatoms. The van der Waals surface area contributed by atoms with Gasteiger partial charge in [0, 0.05) is 30.4 Å². The van der Waals surface area contributed by atoms with E-state index in [9.17, 15) is 4.79 Å². The van der Waals surface area contributed by atoms with Crippen LogP contribution in [0.2, 0.25) is 0 Å². The molecule has 0 fully saturated rings. The molecule has 0 unspecified atom stereocenters. The Morgan fingerprint density at radius 3 is 2.57 bits per heavy atom. The second-order valence-electron chi connectivity index (χ2n) is 7.24. The molecular formula is C24H20N4O2. The van der Waals surface area contributed by atoms with E-state index in [1.165, 1.54) is 0 Å². The van der Waals surface area contributed by atoms with Crippen molar-refractivity contribution in [3.63, 3.8) is 0 Å². The summed E-state index contributed by atoms with van der Waals surface area (Å²) in [5.74, 6) is 0.791. The number of hydrogen-bond donors (Lipinski definition) is 0. The van der Waals surface area contributed by atoms with E-state index in [1.807, 2.05) is 61.8 Å². The summed E-state index contributed by atoms with van der Waals surface area (Å²) in [6.45, 7) is 0.468. The minimum Gasteiger partial charge on any atom is -0.497 e. The van der Waals surface area contributed by atoms with Crippen LogP contribution in [0.3, 0.4) is 0 Å². The highest BCUT2D eigenvalue weighted by molar-refractivity contribution is 6.03. The largest absolute Gasteiger partial charge is 0.497 e. The Morgan fingerprint density at radius 2 is 1.83 bits per heavy atom. The average molecular weight is 396 g/mol. The third-order valence-electron chi connectivity index (χ3n) is 5.46.